The summed E-state index contributed by atoms with van der Waals surface area (Å²) < 4.78 is 0. The lowest BCUT2D eigenvalue weighted by Crippen LogP contribution is -2.09. The first-order valence-corrected chi connectivity index (χ1v) is 7.57. The molecule has 0 aliphatic heterocycles. The molecule has 1 aromatic carbocycles. The highest BCUT2D eigenvalue weighted by Crippen LogP contribution is 2.27. The van der Waals surface area contributed by atoms with E-state index >= 15 is 0 Å². The molecule has 0 saturated heterocycles. The molecule has 0 atom stereocenters. The molecular weight excluding hydrogens is 308 g/mol. The molecule has 2 aromatic rings. The molecule has 0 saturated carbocycles. The maximum Gasteiger partial charge on any atom is 0.221 e. The lowest BCUT2D eigenvalue weighted by atomic mass is 10.3. The van der Waals surface area contributed by atoms with Crippen LogP contribution in [0.25, 0.3) is 0 Å². The van der Waals surface area contributed by atoms with Crippen LogP contribution >= 0.6 is 23.4 Å². The third-order valence-corrected chi connectivity index (χ3v) is 3.98. The summed E-state index contributed by atoms with van der Waals surface area (Å²) in [7, 11) is 0. The number of hydrogen-bond donors (Lipinski definition) is 3. The van der Waals surface area contributed by atoms with Crippen LogP contribution in [-0.2, 0) is 10.5 Å². The number of amides is 1. The molecule has 1 heterocycles. The predicted molar refractivity (Wildman–Crippen MR) is 87.4 cm³/mol. The predicted octanol–water partition coefficient (Wildman–Crippen LogP) is 3.27. The van der Waals surface area contributed by atoms with Crippen molar-refractivity contribution in [2.75, 3.05) is 10.7 Å². The third kappa shape index (κ3) is 4.63. The Labute approximate surface area is 132 Å². The summed E-state index contributed by atoms with van der Waals surface area (Å²) >= 11 is 7.72. The zero-order chi connectivity index (χ0) is 15.2. The van der Waals surface area contributed by atoms with Gasteiger partial charge < -0.3 is 10.7 Å². The van der Waals surface area contributed by atoms with Gasteiger partial charge in [-0.05, 0) is 36.4 Å². The molecule has 1 amide bonds. The summed E-state index contributed by atoms with van der Waals surface area (Å²) in [5.74, 6) is 6.46. The van der Waals surface area contributed by atoms with Gasteiger partial charge in [0.25, 0.3) is 0 Å². The summed E-state index contributed by atoms with van der Waals surface area (Å²) in [6, 6.07) is 11.1. The van der Waals surface area contributed by atoms with Crippen LogP contribution in [-0.4, -0.2) is 10.9 Å². The second kappa shape index (κ2) is 7.31. The van der Waals surface area contributed by atoms with Crippen molar-refractivity contribution in [3.8, 4) is 0 Å². The number of nitrogens with one attached hydrogen (secondary N) is 2. The van der Waals surface area contributed by atoms with Crippen LogP contribution in [0.2, 0.25) is 5.02 Å². The summed E-state index contributed by atoms with van der Waals surface area (Å²) in [5.41, 5.74) is 4.04. The molecule has 110 valence electrons. The number of nitrogen functional groups attached to an aromatic ring is 1. The number of aromatic nitrogens is 1. The Morgan fingerprint density at radius 2 is 2.00 bits per heavy atom. The van der Waals surface area contributed by atoms with E-state index < -0.39 is 0 Å². The minimum Gasteiger partial charge on any atom is -0.326 e. The maximum atomic E-state index is 11.0. The van der Waals surface area contributed by atoms with Gasteiger partial charge in [0.1, 0.15) is 5.82 Å². The number of rotatable bonds is 5. The van der Waals surface area contributed by atoms with Gasteiger partial charge in [0.05, 0.1) is 10.7 Å². The fourth-order valence-electron chi connectivity index (χ4n) is 1.66. The highest BCUT2D eigenvalue weighted by Gasteiger charge is 2.05. The number of halogens is 1. The van der Waals surface area contributed by atoms with Gasteiger partial charge in [0.2, 0.25) is 5.91 Å². The van der Waals surface area contributed by atoms with E-state index in [0.29, 0.717) is 16.6 Å². The summed E-state index contributed by atoms with van der Waals surface area (Å²) in [4.78, 5) is 16.3. The van der Waals surface area contributed by atoms with Crippen LogP contribution in [0.1, 0.15) is 12.6 Å². The molecule has 0 fully saturated rings. The molecule has 0 aliphatic rings. The van der Waals surface area contributed by atoms with E-state index in [1.807, 2.05) is 24.3 Å². The minimum absolute atomic E-state index is 0.0857. The van der Waals surface area contributed by atoms with Crippen molar-refractivity contribution in [1.29, 1.82) is 0 Å². The highest BCUT2D eigenvalue weighted by atomic mass is 35.5. The number of carbonyl (C=O) groups is 1. The van der Waals surface area contributed by atoms with Crippen molar-refractivity contribution in [3.63, 3.8) is 0 Å². The zero-order valence-electron chi connectivity index (χ0n) is 11.4. The number of carbonyl (C=O) groups excluding carboxylic acids is 1. The van der Waals surface area contributed by atoms with Gasteiger partial charge in [-0.3, -0.25) is 4.79 Å². The molecule has 0 spiro atoms. The van der Waals surface area contributed by atoms with Crippen molar-refractivity contribution in [3.05, 3.63) is 47.1 Å². The number of nitrogens with two attached hydrogens (primary N) is 1. The molecule has 2 rings (SSSR count). The molecule has 0 radical (unpaired) electrons. The zero-order valence-corrected chi connectivity index (χ0v) is 13.0. The number of thioether (sulfide) groups is 1. The first-order chi connectivity index (χ1) is 10.1. The molecule has 0 aliphatic carbocycles. The van der Waals surface area contributed by atoms with E-state index in [9.17, 15) is 4.79 Å². The summed E-state index contributed by atoms with van der Waals surface area (Å²) in [6.07, 6.45) is 0. The Kier molecular flexibility index (Phi) is 5.44. The second-order valence-corrected chi connectivity index (χ2v) is 5.72. The topological polar surface area (TPSA) is 80.0 Å². The lowest BCUT2D eigenvalue weighted by molar-refractivity contribution is -0.114. The average Bonchev–Trinajstić information content (AvgIpc) is 2.47. The van der Waals surface area contributed by atoms with E-state index in [4.69, 9.17) is 17.4 Å². The molecule has 1 aromatic heterocycles. The van der Waals surface area contributed by atoms with Crippen molar-refractivity contribution < 1.29 is 4.79 Å². The first-order valence-electron chi connectivity index (χ1n) is 6.21. The van der Waals surface area contributed by atoms with Gasteiger partial charge >= 0.3 is 0 Å². The van der Waals surface area contributed by atoms with Crippen molar-refractivity contribution in [1.82, 2.24) is 4.98 Å². The van der Waals surface area contributed by atoms with Crippen molar-refractivity contribution in [2.24, 2.45) is 5.84 Å². The fourth-order valence-corrected chi connectivity index (χ4v) is 2.76. The van der Waals surface area contributed by atoms with Crippen LogP contribution < -0.4 is 16.6 Å². The van der Waals surface area contributed by atoms with Crippen LogP contribution in [0.4, 0.5) is 11.5 Å². The van der Waals surface area contributed by atoms with Gasteiger partial charge in [-0.1, -0.05) is 11.6 Å². The van der Waals surface area contributed by atoms with E-state index in [2.05, 4.69) is 15.7 Å². The van der Waals surface area contributed by atoms with Crippen LogP contribution in [0, 0.1) is 0 Å². The molecule has 7 heteroatoms. The number of pyridine rings is 1. The smallest absolute Gasteiger partial charge is 0.221 e. The van der Waals surface area contributed by atoms with Gasteiger partial charge in [-0.25, -0.2) is 10.8 Å². The maximum absolute atomic E-state index is 11.0. The van der Waals surface area contributed by atoms with Gasteiger partial charge in [0.15, 0.2) is 0 Å². The lowest BCUT2D eigenvalue weighted by Gasteiger charge is -2.07. The fraction of sp³-hybridized carbons (Fsp3) is 0.143. The molecule has 21 heavy (non-hydrogen) atoms. The minimum atomic E-state index is -0.0857. The number of benzene rings is 1. The van der Waals surface area contributed by atoms with Crippen molar-refractivity contribution in [2.45, 2.75) is 17.6 Å². The largest absolute Gasteiger partial charge is 0.326 e. The third-order valence-electron chi connectivity index (χ3n) is 2.62. The quantitative estimate of drug-likeness (QED) is 0.447. The Balaban J connectivity index is 2.01. The number of hydrazine groups is 1. The van der Waals surface area contributed by atoms with Crippen LogP contribution in [0.5, 0.6) is 0 Å². The average molecular weight is 323 g/mol. The molecule has 0 bridgehead atoms. The van der Waals surface area contributed by atoms with E-state index in [0.717, 1.165) is 16.3 Å². The van der Waals surface area contributed by atoms with Gasteiger partial charge in [0, 0.05) is 23.3 Å². The SMILES string of the molecule is CC(=O)Nc1ccc(SCc2nc(NN)ccc2Cl)cc1. The highest BCUT2D eigenvalue weighted by molar-refractivity contribution is 7.98. The Morgan fingerprint density at radius 1 is 1.29 bits per heavy atom. The Morgan fingerprint density at radius 3 is 2.62 bits per heavy atom. The second-order valence-electron chi connectivity index (χ2n) is 4.26. The normalized spacial score (nSPS) is 10.2. The van der Waals surface area contributed by atoms with Crippen LogP contribution in [0.3, 0.4) is 0 Å². The molecular formula is C14H15ClN4OS. The van der Waals surface area contributed by atoms with Crippen LogP contribution in [0.15, 0.2) is 41.3 Å². The summed E-state index contributed by atoms with van der Waals surface area (Å²) in [5, 5.41) is 3.33. The first kappa shape index (κ1) is 15.6. The Bertz CT molecular complexity index is 633. The van der Waals surface area contributed by atoms with E-state index in [1.54, 1.807) is 23.9 Å². The molecule has 4 N–H and O–H groups in total. The van der Waals surface area contributed by atoms with E-state index in [-0.39, 0.29) is 5.91 Å². The van der Waals surface area contributed by atoms with Gasteiger partial charge in [-0.15, -0.1) is 11.8 Å². The molecule has 0 unspecified atom stereocenters. The van der Waals surface area contributed by atoms with E-state index in [1.165, 1.54) is 6.92 Å². The summed E-state index contributed by atoms with van der Waals surface area (Å²) in [6.45, 7) is 1.48. The van der Waals surface area contributed by atoms with Crippen molar-refractivity contribution >= 4 is 40.8 Å². The monoisotopic (exact) mass is 322 g/mol. The number of nitrogens with zero attached hydrogens (tertiary/aromatic N) is 1. The number of anilines is 2. The number of hydrogen-bond acceptors (Lipinski definition) is 5. The van der Waals surface area contributed by atoms with Gasteiger partial charge in [-0.2, -0.15) is 0 Å². The standard InChI is InChI=1S/C14H15ClN4OS/c1-9(20)17-10-2-4-11(5-3-10)21-8-13-12(15)6-7-14(18-13)19-16/h2-7H,8,16H2,1H3,(H,17,20)(H,18,19). The molecule has 5 nitrogen and oxygen atoms in total. The Hall–Kier alpha value is -1.76.